The van der Waals surface area contributed by atoms with Crippen LogP contribution in [-0.2, 0) is 0 Å². The number of ether oxygens (including phenoxy) is 1. The van der Waals surface area contributed by atoms with Crippen LogP contribution in [0, 0.1) is 6.92 Å². The first-order chi connectivity index (χ1) is 8.70. The maximum absolute atomic E-state index is 5.96. The molecular weight excluding hydrogens is 290 g/mol. The Morgan fingerprint density at radius 1 is 1.17 bits per heavy atom. The van der Waals surface area contributed by atoms with Crippen LogP contribution < -0.4 is 10.5 Å². The Bertz CT molecular complexity index is 513. The van der Waals surface area contributed by atoms with E-state index in [1.165, 1.54) is 5.56 Å². The fourth-order valence-electron chi connectivity index (χ4n) is 1.77. The molecular formula is C15H16BrNO. The molecule has 0 bridgehead atoms. The molecule has 2 rings (SSSR count). The van der Waals surface area contributed by atoms with Gasteiger partial charge in [0.25, 0.3) is 0 Å². The predicted octanol–water partition coefficient (Wildman–Crippen LogP) is 3.84. The van der Waals surface area contributed by atoms with Gasteiger partial charge >= 0.3 is 0 Å². The number of rotatable bonds is 4. The van der Waals surface area contributed by atoms with Crippen LogP contribution in [0.2, 0.25) is 0 Å². The van der Waals surface area contributed by atoms with Crippen molar-refractivity contribution in [2.24, 2.45) is 5.73 Å². The van der Waals surface area contributed by atoms with Crippen LogP contribution in [-0.4, -0.2) is 6.54 Å². The maximum atomic E-state index is 5.96. The van der Waals surface area contributed by atoms with Crippen molar-refractivity contribution in [1.29, 1.82) is 0 Å². The normalized spacial score (nSPS) is 12.2. The van der Waals surface area contributed by atoms with Gasteiger partial charge in [-0.05, 0) is 46.1 Å². The molecule has 2 aromatic rings. The van der Waals surface area contributed by atoms with Crippen molar-refractivity contribution in [1.82, 2.24) is 0 Å². The topological polar surface area (TPSA) is 35.2 Å². The smallest absolute Gasteiger partial charge is 0.136 e. The Hall–Kier alpha value is -1.32. The second kappa shape index (κ2) is 6.03. The summed E-state index contributed by atoms with van der Waals surface area (Å²) in [5.41, 5.74) is 8.08. The summed E-state index contributed by atoms with van der Waals surface area (Å²) < 4.78 is 6.92. The molecule has 94 valence electrons. The van der Waals surface area contributed by atoms with E-state index < -0.39 is 0 Å². The zero-order valence-electron chi connectivity index (χ0n) is 10.3. The minimum absolute atomic E-state index is 0.120. The molecule has 2 aromatic carbocycles. The second-order valence-corrected chi connectivity index (χ2v) is 5.04. The minimum atomic E-state index is -0.120. The van der Waals surface area contributed by atoms with Gasteiger partial charge in [-0.25, -0.2) is 0 Å². The molecule has 2 nitrogen and oxygen atoms in total. The predicted molar refractivity (Wildman–Crippen MR) is 77.7 cm³/mol. The van der Waals surface area contributed by atoms with Crippen LogP contribution >= 0.6 is 15.9 Å². The van der Waals surface area contributed by atoms with E-state index in [-0.39, 0.29) is 6.10 Å². The van der Waals surface area contributed by atoms with Gasteiger partial charge in [-0.1, -0.05) is 36.4 Å². The highest BCUT2D eigenvalue weighted by molar-refractivity contribution is 9.10. The third-order valence-electron chi connectivity index (χ3n) is 2.74. The molecule has 0 aromatic heterocycles. The molecule has 0 heterocycles. The SMILES string of the molecule is Cc1ccc(OC(CN)c2ccccc2)c(Br)c1. The molecule has 0 spiro atoms. The van der Waals surface area contributed by atoms with Crippen molar-refractivity contribution in [3.8, 4) is 5.75 Å². The van der Waals surface area contributed by atoms with Gasteiger partial charge in [-0.3, -0.25) is 0 Å². The van der Waals surface area contributed by atoms with Gasteiger partial charge < -0.3 is 10.5 Å². The largest absolute Gasteiger partial charge is 0.483 e. The van der Waals surface area contributed by atoms with Gasteiger partial charge in [-0.15, -0.1) is 0 Å². The standard InChI is InChI=1S/C15H16BrNO/c1-11-7-8-14(13(16)9-11)18-15(10-17)12-5-3-2-4-6-12/h2-9,15H,10,17H2,1H3. The summed E-state index contributed by atoms with van der Waals surface area (Å²) in [6, 6.07) is 16.0. The van der Waals surface area contributed by atoms with Crippen LogP contribution in [0.1, 0.15) is 17.2 Å². The Morgan fingerprint density at radius 2 is 1.89 bits per heavy atom. The van der Waals surface area contributed by atoms with E-state index in [1.807, 2.05) is 55.5 Å². The summed E-state index contributed by atoms with van der Waals surface area (Å²) in [5.74, 6) is 0.819. The molecule has 0 aliphatic rings. The molecule has 18 heavy (non-hydrogen) atoms. The van der Waals surface area contributed by atoms with Gasteiger partial charge in [0.2, 0.25) is 0 Å². The molecule has 0 saturated carbocycles. The molecule has 0 saturated heterocycles. The summed E-state index contributed by atoms with van der Waals surface area (Å²) in [6.07, 6.45) is -0.120. The molecule has 1 atom stereocenters. The van der Waals surface area contributed by atoms with Crippen LogP contribution in [0.5, 0.6) is 5.75 Å². The van der Waals surface area contributed by atoms with Crippen LogP contribution in [0.15, 0.2) is 53.0 Å². The van der Waals surface area contributed by atoms with Gasteiger partial charge in [-0.2, -0.15) is 0 Å². The number of halogens is 1. The van der Waals surface area contributed by atoms with Crippen LogP contribution in [0.4, 0.5) is 0 Å². The van der Waals surface area contributed by atoms with Gasteiger partial charge in [0.1, 0.15) is 11.9 Å². The average Bonchev–Trinajstić information content (AvgIpc) is 2.39. The fraction of sp³-hybridized carbons (Fsp3) is 0.200. The maximum Gasteiger partial charge on any atom is 0.136 e. The quantitative estimate of drug-likeness (QED) is 0.931. The molecule has 0 aliphatic carbocycles. The second-order valence-electron chi connectivity index (χ2n) is 4.19. The summed E-state index contributed by atoms with van der Waals surface area (Å²) in [4.78, 5) is 0. The van der Waals surface area contributed by atoms with Gasteiger partial charge in [0, 0.05) is 6.54 Å². The highest BCUT2D eigenvalue weighted by atomic mass is 79.9. The van der Waals surface area contributed by atoms with E-state index in [9.17, 15) is 0 Å². The van der Waals surface area contributed by atoms with Crippen molar-refractivity contribution in [3.63, 3.8) is 0 Å². The van der Waals surface area contributed by atoms with E-state index in [1.54, 1.807) is 0 Å². The van der Waals surface area contributed by atoms with E-state index >= 15 is 0 Å². The first kappa shape index (κ1) is 13.1. The molecule has 3 heteroatoms. The van der Waals surface area contributed by atoms with E-state index in [0.29, 0.717) is 6.54 Å². The average molecular weight is 306 g/mol. The first-order valence-electron chi connectivity index (χ1n) is 5.88. The number of hydrogen-bond acceptors (Lipinski definition) is 2. The zero-order valence-corrected chi connectivity index (χ0v) is 11.9. The van der Waals surface area contributed by atoms with Crippen molar-refractivity contribution < 1.29 is 4.74 Å². The zero-order chi connectivity index (χ0) is 13.0. The van der Waals surface area contributed by atoms with Crippen molar-refractivity contribution in [2.75, 3.05) is 6.54 Å². The molecule has 0 fully saturated rings. The van der Waals surface area contributed by atoms with E-state index in [4.69, 9.17) is 10.5 Å². The monoisotopic (exact) mass is 305 g/mol. The van der Waals surface area contributed by atoms with E-state index in [0.717, 1.165) is 15.8 Å². The Morgan fingerprint density at radius 3 is 2.50 bits per heavy atom. The van der Waals surface area contributed by atoms with Gasteiger partial charge in [0.05, 0.1) is 4.47 Å². The lowest BCUT2D eigenvalue weighted by Crippen LogP contribution is -2.18. The third kappa shape index (κ3) is 3.12. The first-order valence-corrected chi connectivity index (χ1v) is 6.68. The van der Waals surface area contributed by atoms with Crippen LogP contribution in [0.25, 0.3) is 0 Å². The summed E-state index contributed by atoms with van der Waals surface area (Å²) >= 11 is 3.51. The lowest BCUT2D eigenvalue weighted by Gasteiger charge is -2.19. The third-order valence-corrected chi connectivity index (χ3v) is 3.36. The number of benzene rings is 2. The fourth-order valence-corrected chi connectivity index (χ4v) is 2.36. The highest BCUT2D eigenvalue weighted by Gasteiger charge is 2.12. The van der Waals surface area contributed by atoms with Crippen molar-refractivity contribution in [3.05, 3.63) is 64.1 Å². The molecule has 0 radical (unpaired) electrons. The molecule has 0 aliphatic heterocycles. The lowest BCUT2D eigenvalue weighted by atomic mass is 10.1. The Balaban J connectivity index is 2.21. The summed E-state index contributed by atoms with van der Waals surface area (Å²) in [6.45, 7) is 2.50. The molecule has 1 unspecified atom stereocenters. The number of hydrogen-bond donors (Lipinski definition) is 1. The summed E-state index contributed by atoms with van der Waals surface area (Å²) in [5, 5.41) is 0. The highest BCUT2D eigenvalue weighted by Crippen LogP contribution is 2.29. The van der Waals surface area contributed by atoms with Crippen molar-refractivity contribution >= 4 is 15.9 Å². The lowest BCUT2D eigenvalue weighted by molar-refractivity contribution is 0.213. The van der Waals surface area contributed by atoms with Gasteiger partial charge in [0.15, 0.2) is 0 Å². The van der Waals surface area contributed by atoms with E-state index in [2.05, 4.69) is 15.9 Å². The van der Waals surface area contributed by atoms with Crippen molar-refractivity contribution in [2.45, 2.75) is 13.0 Å². The molecule has 0 amide bonds. The number of nitrogens with two attached hydrogens (primary N) is 1. The summed E-state index contributed by atoms with van der Waals surface area (Å²) in [7, 11) is 0. The Kier molecular flexibility index (Phi) is 4.39. The Labute approximate surface area is 116 Å². The number of aryl methyl sites for hydroxylation is 1. The minimum Gasteiger partial charge on any atom is -0.483 e. The molecule has 2 N–H and O–H groups in total. The van der Waals surface area contributed by atoms with Crippen LogP contribution in [0.3, 0.4) is 0 Å².